The van der Waals surface area contributed by atoms with Crippen molar-refractivity contribution in [1.82, 2.24) is 0 Å². The fourth-order valence-electron chi connectivity index (χ4n) is 3.46. The summed E-state index contributed by atoms with van der Waals surface area (Å²) in [5.74, 6) is 0.560. The molecular weight excluding hydrogens is 272 g/mol. The monoisotopic (exact) mass is 290 g/mol. The third-order valence-electron chi connectivity index (χ3n) is 4.52. The maximum Gasteiger partial charge on any atom is 0.0205 e. The van der Waals surface area contributed by atoms with E-state index in [2.05, 4.69) is 68.5 Å². The van der Waals surface area contributed by atoms with Crippen molar-refractivity contribution >= 4 is 11.8 Å². The summed E-state index contributed by atoms with van der Waals surface area (Å²) < 4.78 is 0. The maximum absolute atomic E-state index is 2.30. The van der Waals surface area contributed by atoms with E-state index in [4.69, 9.17) is 0 Å². The molecule has 1 unspecified atom stereocenters. The first-order chi connectivity index (χ1) is 10.3. The minimum absolute atomic E-state index is 0.560. The van der Waals surface area contributed by atoms with Gasteiger partial charge < -0.3 is 0 Å². The van der Waals surface area contributed by atoms with Crippen LogP contribution in [0.25, 0.3) is 11.1 Å². The maximum atomic E-state index is 2.30. The van der Waals surface area contributed by atoms with Crippen LogP contribution in [0.3, 0.4) is 0 Å². The van der Waals surface area contributed by atoms with Crippen LogP contribution < -0.4 is 0 Å². The lowest BCUT2D eigenvalue weighted by atomic mass is 9.83. The van der Waals surface area contributed by atoms with Crippen LogP contribution in [-0.2, 0) is 0 Å². The predicted molar refractivity (Wildman–Crippen MR) is 91.8 cm³/mol. The molecule has 4 rings (SSSR count). The summed E-state index contributed by atoms with van der Waals surface area (Å²) in [6, 6.07) is 13.3. The molecule has 1 heterocycles. The van der Waals surface area contributed by atoms with E-state index in [1.807, 2.05) is 11.8 Å². The molecule has 0 saturated carbocycles. The van der Waals surface area contributed by atoms with Crippen LogP contribution in [0, 0.1) is 13.8 Å². The Morgan fingerprint density at radius 1 is 1.00 bits per heavy atom. The van der Waals surface area contributed by atoms with Gasteiger partial charge in [-0.3, -0.25) is 0 Å². The van der Waals surface area contributed by atoms with Gasteiger partial charge in [-0.15, -0.1) is 0 Å². The number of hydrogen-bond acceptors (Lipinski definition) is 1. The van der Waals surface area contributed by atoms with Crippen LogP contribution in [0.1, 0.15) is 29.0 Å². The van der Waals surface area contributed by atoms with Crippen molar-refractivity contribution in [3.63, 3.8) is 0 Å². The van der Waals surface area contributed by atoms with Crippen LogP contribution in [0.5, 0.6) is 0 Å². The third kappa shape index (κ3) is 1.99. The highest BCUT2D eigenvalue weighted by atomic mass is 32.2. The zero-order valence-electron chi connectivity index (χ0n) is 12.4. The van der Waals surface area contributed by atoms with Crippen molar-refractivity contribution < 1.29 is 0 Å². The summed E-state index contributed by atoms with van der Waals surface area (Å²) in [7, 11) is 0. The summed E-state index contributed by atoms with van der Waals surface area (Å²) in [6.07, 6.45) is 7.92. The van der Waals surface area contributed by atoms with Gasteiger partial charge in [0.2, 0.25) is 0 Å². The van der Waals surface area contributed by atoms with Crippen LogP contribution in [0.2, 0.25) is 0 Å². The molecule has 2 aromatic carbocycles. The minimum atomic E-state index is 0.560. The Bertz CT molecular complexity index is 780. The highest BCUT2D eigenvalue weighted by Gasteiger charge is 2.31. The highest BCUT2D eigenvalue weighted by Crippen LogP contribution is 2.55. The number of aryl methyl sites for hydroxylation is 2. The Kier molecular flexibility index (Phi) is 3.04. The Morgan fingerprint density at radius 3 is 2.71 bits per heavy atom. The molecule has 0 fully saturated rings. The zero-order valence-corrected chi connectivity index (χ0v) is 13.2. The Hall–Kier alpha value is -1.73. The van der Waals surface area contributed by atoms with Crippen molar-refractivity contribution in [3.8, 4) is 11.1 Å². The summed E-state index contributed by atoms with van der Waals surface area (Å²) in [5.41, 5.74) is 7.15. The van der Waals surface area contributed by atoms with Gasteiger partial charge in [-0.2, -0.15) is 0 Å². The number of fused-ring (bicyclic) bond motifs is 3. The first-order valence-electron chi connectivity index (χ1n) is 7.50. The Labute approximate surface area is 130 Å². The fourth-order valence-corrected chi connectivity index (χ4v) is 4.70. The van der Waals surface area contributed by atoms with Crippen LogP contribution in [-0.4, -0.2) is 0 Å². The van der Waals surface area contributed by atoms with Gasteiger partial charge in [0.05, 0.1) is 0 Å². The number of rotatable bonds is 1. The highest BCUT2D eigenvalue weighted by molar-refractivity contribution is 8.03. The second kappa shape index (κ2) is 4.92. The van der Waals surface area contributed by atoms with E-state index in [1.54, 1.807) is 5.56 Å². The molecule has 0 aromatic heterocycles. The van der Waals surface area contributed by atoms with Crippen molar-refractivity contribution in [2.45, 2.75) is 31.1 Å². The molecule has 0 bridgehead atoms. The van der Waals surface area contributed by atoms with Crippen LogP contribution >= 0.6 is 11.8 Å². The van der Waals surface area contributed by atoms with Gasteiger partial charge in [0, 0.05) is 10.8 Å². The lowest BCUT2D eigenvalue weighted by Gasteiger charge is -2.19. The van der Waals surface area contributed by atoms with Crippen molar-refractivity contribution in [3.05, 3.63) is 76.2 Å². The van der Waals surface area contributed by atoms with Crippen molar-refractivity contribution in [2.24, 2.45) is 0 Å². The number of benzene rings is 2. The molecular formula is C20H18S. The fraction of sp³-hybridized carbons (Fsp3) is 0.200. The van der Waals surface area contributed by atoms with Crippen molar-refractivity contribution in [2.75, 3.05) is 0 Å². The average molecular weight is 290 g/mol. The van der Waals surface area contributed by atoms with E-state index in [9.17, 15) is 0 Å². The first-order valence-corrected chi connectivity index (χ1v) is 8.31. The van der Waals surface area contributed by atoms with E-state index >= 15 is 0 Å². The summed E-state index contributed by atoms with van der Waals surface area (Å²) >= 11 is 1.95. The van der Waals surface area contributed by atoms with Gasteiger partial charge in [0.25, 0.3) is 0 Å². The van der Waals surface area contributed by atoms with Crippen LogP contribution in [0.4, 0.5) is 0 Å². The zero-order chi connectivity index (χ0) is 14.4. The smallest absolute Gasteiger partial charge is 0.0205 e. The van der Waals surface area contributed by atoms with E-state index in [-0.39, 0.29) is 0 Å². The molecule has 2 aliphatic rings. The van der Waals surface area contributed by atoms with Gasteiger partial charge >= 0.3 is 0 Å². The lowest BCUT2D eigenvalue weighted by Crippen LogP contribution is -2.01. The number of hydrogen-bond donors (Lipinski definition) is 0. The van der Waals surface area contributed by atoms with Gasteiger partial charge in [0.1, 0.15) is 0 Å². The van der Waals surface area contributed by atoms with Gasteiger partial charge in [-0.05, 0) is 59.1 Å². The molecule has 1 aliphatic heterocycles. The summed E-state index contributed by atoms with van der Waals surface area (Å²) in [4.78, 5) is 2.95. The predicted octanol–water partition coefficient (Wildman–Crippen LogP) is 6.00. The molecule has 0 radical (unpaired) electrons. The van der Waals surface area contributed by atoms with E-state index < -0.39 is 0 Å². The van der Waals surface area contributed by atoms with Crippen molar-refractivity contribution in [1.29, 1.82) is 0 Å². The molecule has 104 valence electrons. The average Bonchev–Trinajstić information content (AvgIpc) is 2.87. The Balaban J connectivity index is 1.99. The molecule has 21 heavy (non-hydrogen) atoms. The second-order valence-corrected chi connectivity index (χ2v) is 6.99. The molecule has 0 amide bonds. The largest absolute Gasteiger partial charge is 0.0936 e. The number of thioether (sulfide) groups is 1. The van der Waals surface area contributed by atoms with Gasteiger partial charge in [-0.1, -0.05) is 60.3 Å². The first kappa shape index (κ1) is 13.0. The second-order valence-electron chi connectivity index (χ2n) is 5.87. The molecule has 0 nitrogen and oxygen atoms in total. The molecule has 0 N–H and O–H groups in total. The standard InChI is InChI=1S/C20H18S/c1-13-7-3-4-8-15(13)19-14(2)11-12-18-20(19)16-9-5-6-10-17(16)21-18/h3-8,10-12,16H,9H2,1-2H3. The quantitative estimate of drug-likeness (QED) is 0.620. The molecule has 2 aromatic rings. The summed E-state index contributed by atoms with van der Waals surface area (Å²) in [6.45, 7) is 4.46. The molecule has 0 saturated heterocycles. The lowest BCUT2D eigenvalue weighted by molar-refractivity contribution is 0.838. The molecule has 1 atom stereocenters. The summed E-state index contributed by atoms with van der Waals surface area (Å²) in [5, 5.41) is 0. The van der Waals surface area contributed by atoms with Gasteiger partial charge in [0.15, 0.2) is 0 Å². The number of allylic oxidation sites excluding steroid dienone is 4. The molecule has 1 aliphatic carbocycles. The molecule has 0 spiro atoms. The molecule has 1 heteroatoms. The van der Waals surface area contributed by atoms with E-state index in [0.717, 1.165) is 6.42 Å². The minimum Gasteiger partial charge on any atom is -0.0936 e. The Morgan fingerprint density at radius 2 is 1.86 bits per heavy atom. The SMILES string of the molecule is Cc1ccccc1-c1c(C)ccc2c1C1CC=CC=C1S2. The van der Waals surface area contributed by atoms with E-state index in [1.165, 1.54) is 32.1 Å². The normalized spacial score (nSPS) is 19.1. The third-order valence-corrected chi connectivity index (χ3v) is 5.75. The van der Waals surface area contributed by atoms with Gasteiger partial charge in [-0.25, -0.2) is 0 Å². The van der Waals surface area contributed by atoms with E-state index in [0.29, 0.717) is 5.92 Å². The van der Waals surface area contributed by atoms with Crippen LogP contribution in [0.15, 0.2) is 64.4 Å². The topological polar surface area (TPSA) is 0 Å².